The number of nitrogens with one attached hydrogen (secondary N) is 2. The molecule has 0 atom stereocenters. The predicted octanol–water partition coefficient (Wildman–Crippen LogP) is 4.47. The first-order chi connectivity index (χ1) is 14.5. The second-order valence-electron chi connectivity index (χ2n) is 6.41. The molecular weight excluding hydrogens is 406 g/mol. The van der Waals surface area contributed by atoms with Gasteiger partial charge in [0.25, 0.3) is 17.5 Å². The van der Waals surface area contributed by atoms with Gasteiger partial charge in [0.2, 0.25) is 0 Å². The molecule has 7 nitrogen and oxygen atoms in total. The van der Waals surface area contributed by atoms with E-state index in [1.54, 1.807) is 24.3 Å². The second kappa shape index (κ2) is 9.67. The van der Waals surface area contributed by atoms with Gasteiger partial charge >= 0.3 is 0 Å². The molecule has 0 aliphatic heterocycles. The summed E-state index contributed by atoms with van der Waals surface area (Å²) < 4.78 is 0. The summed E-state index contributed by atoms with van der Waals surface area (Å²) in [7, 11) is 0. The number of nitro benzene ring substituents is 1. The van der Waals surface area contributed by atoms with Gasteiger partial charge in [-0.2, -0.15) is 0 Å². The summed E-state index contributed by atoms with van der Waals surface area (Å²) in [5.74, 6) is -0.914. The zero-order chi connectivity index (χ0) is 21.5. The van der Waals surface area contributed by atoms with Gasteiger partial charge in [-0.05, 0) is 36.2 Å². The summed E-state index contributed by atoms with van der Waals surface area (Å²) in [5, 5.41) is 16.4. The van der Waals surface area contributed by atoms with E-state index in [1.165, 1.54) is 12.1 Å². The Labute approximate surface area is 177 Å². The highest BCUT2D eigenvalue weighted by molar-refractivity contribution is 6.32. The van der Waals surface area contributed by atoms with E-state index in [4.69, 9.17) is 11.6 Å². The van der Waals surface area contributed by atoms with Crippen molar-refractivity contribution in [3.63, 3.8) is 0 Å². The molecule has 0 aromatic heterocycles. The van der Waals surface area contributed by atoms with Crippen LogP contribution in [0.15, 0.2) is 72.8 Å². The summed E-state index contributed by atoms with van der Waals surface area (Å²) in [6, 6.07) is 20.1. The highest BCUT2D eigenvalue weighted by Crippen LogP contribution is 2.26. The number of amides is 2. The molecule has 0 bridgehead atoms. The van der Waals surface area contributed by atoms with Crippen molar-refractivity contribution in [1.82, 2.24) is 5.32 Å². The summed E-state index contributed by atoms with van der Waals surface area (Å²) >= 11 is 5.79. The molecule has 2 amide bonds. The molecule has 3 aromatic carbocycles. The van der Waals surface area contributed by atoms with Gasteiger partial charge in [-0.1, -0.05) is 54.1 Å². The van der Waals surface area contributed by atoms with Gasteiger partial charge < -0.3 is 10.6 Å². The number of para-hydroxylation sites is 1. The minimum absolute atomic E-state index is 0.0604. The van der Waals surface area contributed by atoms with E-state index >= 15 is 0 Å². The Morgan fingerprint density at radius 2 is 1.63 bits per heavy atom. The molecule has 3 aromatic rings. The van der Waals surface area contributed by atoms with Crippen LogP contribution in [0.5, 0.6) is 0 Å². The van der Waals surface area contributed by atoms with Crippen molar-refractivity contribution in [1.29, 1.82) is 0 Å². The van der Waals surface area contributed by atoms with Crippen LogP contribution in [0, 0.1) is 10.1 Å². The molecule has 0 radical (unpaired) electrons. The number of carbonyl (C=O) groups is 2. The van der Waals surface area contributed by atoms with Crippen molar-refractivity contribution in [3.8, 4) is 0 Å². The highest BCUT2D eigenvalue weighted by atomic mass is 35.5. The zero-order valence-electron chi connectivity index (χ0n) is 15.8. The Morgan fingerprint density at radius 1 is 0.933 bits per heavy atom. The number of anilines is 1. The third-order valence-corrected chi connectivity index (χ3v) is 4.69. The van der Waals surface area contributed by atoms with E-state index in [1.807, 2.05) is 30.3 Å². The fourth-order valence-corrected chi connectivity index (χ4v) is 3.03. The lowest BCUT2D eigenvalue weighted by molar-refractivity contribution is -0.384. The van der Waals surface area contributed by atoms with Gasteiger partial charge in [0.1, 0.15) is 5.02 Å². The minimum Gasteiger partial charge on any atom is -0.352 e. The van der Waals surface area contributed by atoms with Crippen LogP contribution in [-0.2, 0) is 6.42 Å². The van der Waals surface area contributed by atoms with Crippen LogP contribution in [-0.4, -0.2) is 23.3 Å². The van der Waals surface area contributed by atoms with Crippen molar-refractivity contribution >= 4 is 34.8 Å². The van der Waals surface area contributed by atoms with Crippen molar-refractivity contribution in [2.75, 3.05) is 11.9 Å². The standard InChI is InChI=1S/C22H18ClN3O4/c23-18-11-10-16(14-20(18)26(29)30)21(27)25-19-9-5-4-8-17(19)22(28)24-13-12-15-6-2-1-3-7-15/h1-11,14H,12-13H2,(H,24,28)(H,25,27). The number of benzene rings is 3. The lowest BCUT2D eigenvalue weighted by Crippen LogP contribution is -2.27. The number of nitro groups is 1. The lowest BCUT2D eigenvalue weighted by Gasteiger charge is -2.12. The molecule has 0 aliphatic carbocycles. The zero-order valence-corrected chi connectivity index (χ0v) is 16.6. The number of rotatable bonds is 7. The molecule has 0 saturated heterocycles. The Balaban J connectivity index is 1.70. The fourth-order valence-electron chi connectivity index (χ4n) is 2.84. The Bertz CT molecular complexity index is 1090. The summed E-state index contributed by atoms with van der Waals surface area (Å²) in [5.41, 5.74) is 1.39. The van der Waals surface area contributed by atoms with Crippen LogP contribution in [0.1, 0.15) is 26.3 Å². The first-order valence-electron chi connectivity index (χ1n) is 9.12. The average Bonchev–Trinajstić information content (AvgIpc) is 2.75. The Morgan fingerprint density at radius 3 is 2.37 bits per heavy atom. The quantitative estimate of drug-likeness (QED) is 0.432. The predicted molar refractivity (Wildman–Crippen MR) is 115 cm³/mol. The van der Waals surface area contributed by atoms with Crippen molar-refractivity contribution in [2.24, 2.45) is 0 Å². The van der Waals surface area contributed by atoms with E-state index < -0.39 is 10.8 Å². The molecule has 0 heterocycles. The van der Waals surface area contributed by atoms with Crippen molar-refractivity contribution < 1.29 is 14.5 Å². The number of hydrogen-bond donors (Lipinski definition) is 2. The molecule has 0 aliphatic rings. The molecular formula is C22H18ClN3O4. The first kappa shape index (κ1) is 21.0. The van der Waals surface area contributed by atoms with E-state index in [0.29, 0.717) is 24.2 Å². The van der Waals surface area contributed by atoms with Gasteiger partial charge in [-0.15, -0.1) is 0 Å². The van der Waals surface area contributed by atoms with Gasteiger partial charge in [0, 0.05) is 18.2 Å². The van der Waals surface area contributed by atoms with E-state index in [9.17, 15) is 19.7 Å². The van der Waals surface area contributed by atoms with Crippen LogP contribution in [0.2, 0.25) is 5.02 Å². The van der Waals surface area contributed by atoms with Gasteiger partial charge in [0.05, 0.1) is 16.2 Å². The number of nitrogens with zero attached hydrogens (tertiary/aromatic N) is 1. The third kappa shape index (κ3) is 5.21. The van der Waals surface area contributed by atoms with Crippen LogP contribution in [0.25, 0.3) is 0 Å². The van der Waals surface area contributed by atoms with Gasteiger partial charge in [-0.25, -0.2) is 0 Å². The van der Waals surface area contributed by atoms with E-state index in [2.05, 4.69) is 10.6 Å². The average molecular weight is 424 g/mol. The molecule has 8 heteroatoms. The van der Waals surface area contributed by atoms with Crippen LogP contribution >= 0.6 is 11.6 Å². The van der Waals surface area contributed by atoms with Crippen LogP contribution in [0.3, 0.4) is 0 Å². The largest absolute Gasteiger partial charge is 0.352 e. The molecule has 152 valence electrons. The topological polar surface area (TPSA) is 101 Å². The Hall–Kier alpha value is -3.71. The van der Waals surface area contributed by atoms with Gasteiger partial charge in [0.15, 0.2) is 0 Å². The maximum absolute atomic E-state index is 12.6. The first-order valence-corrected chi connectivity index (χ1v) is 9.50. The molecule has 2 N–H and O–H groups in total. The minimum atomic E-state index is -0.659. The van der Waals surface area contributed by atoms with Crippen molar-refractivity contribution in [2.45, 2.75) is 6.42 Å². The van der Waals surface area contributed by atoms with Crippen molar-refractivity contribution in [3.05, 3.63) is 105 Å². The SMILES string of the molecule is O=C(Nc1ccccc1C(=O)NCCc1ccccc1)c1ccc(Cl)c([N+](=O)[O-])c1. The molecule has 30 heavy (non-hydrogen) atoms. The molecule has 0 unspecified atom stereocenters. The van der Waals surface area contributed by atoms with Gasteiger partial charge in [-0.3, -0.25) is 19.7 Å². The number of hydrogen-bond acceptors (Lipinski definition) is 4. The Kier molecular flexibility index (Phi) is 6.77. The van der Waals surface area contributed by atoms with Crippen LogP contribution in [0.4, 0.5) is 11.4 Å². The molecule has 0 fully saturated rings. The summed E-state index contributed by atoms with van der Waals surface area (Å²) in [6.07, 6.45) is 0.676. The maximum Gasteiger partial charge on any atom is 0.288 e. The molecule has 0 spiro atoms. The lowest BCUT2D eigenvalue weighted by atomic mass is 10.1. The van der Waals surface area contributed by atoms with E-state index in [0.717, 1.165) is 11.6 Å². The molecule has 3 rings (SSSR count). The molecule has 0 saturated carbocycles. The monoisotopic (exact) mass is 423 g/mol. The summed E-state index contributed by atoms with van der Waals surface area (Å²) in [6.45, 7) is 0.439. The number of carbonyl (C=O) groups excluding carboxylic acids is 2. The number of halogens is 1. The van der Waals surface area contributed by atoms with Crippen LogP contribution < -0.4 is 10.6 Å². The third-order valence-electron chi connectivity index (χ3n) is 4.37. The summed E-state index contributed by atoms with van der Waals surface area (Å²) in [4.78, 5) is 35.5. The second-order valence-corrected chi connectivity index (χ2v) is 6.82. The normalized spacial score (nSPS) is 10.3. The maximum atomic E-state index is 12.6. The highest BCUT2D eigenvalue weighted by Gasteiger charge is 2.18. The van der Waals surface area contributed by atoms with E-state index in [-0.39, 0.29) is 22.2 Å². The smallest absolute Gasteiger partial charge is 0.288 e. The fraction of sp³-hybridized carbons (Fsp3) is 0.0909.